The number of hydrogen-bond acceptors (Lipinski definition) is 4. The van der Waals surface area contributed by atoms with Crippen LogP contribution in [0.1, 0.15) is 25.5 Å². The average Bonchev–Trinajstić information content (AvgIpc) is 2.35. The lowest BCUT2D eigenvalue weighted by Gasteiger charge is -2.14. The number of anilines is 1. The van der Waals surface area contributed by atoms with Gasteiger partial charge in [-0.1, -0.05) is 17.3 Å². The van der Waals surface area contributed by atoms with Gasteiger partial charge in [0.2, 0.25) is 5.91 Å². The summed E-state index contributed by atoms with van der Waals surface area (Å²) in [5.74, 6) is 0.0179. The standard InChI is InChI=1S/C12H18N4O2/c1-8(14-7-12(13)16-18)10-4-3-5-11(6-10)15-9(2)17/h3-6,8,14,18H,7H2,1-2H3,(H2,13,16)(H,15,17). The quantitative estimate of drug-likeness (QED) is 0.271. The smallest absolute Gasteiger partial charge is 0.221 e. The van der Waals surface area contributed by atoms with E-state index in [2.05, 4.69) is 15.8 Å². The van der Waals surface area contributed by atoms with Crippen molar-refractivity contribution in [3.63, 3.8) is 0 Å². The zero-order valence-corrected chi connectivity index (χ0v) is 10.5. The third kappa shape index (κ3) is 4.42. The Hall–Kier alpha value is -2.08. The van der Waals surface area contributed by atoms with Gasteiger partial charge in [0.25, 0.3) is 0 Å². The Balaban J connectivity index is 2.67. The normalized spacial score (nSPS) is 13.1. The van der Waals surface area contributed by atoms with E-state index < -0.39 is 0 Å². The van der Waals surface area contributed by atoms with Crippen molar-refractivity contribution in [2.75, 3.05) is 11.9 Å². The lowest BCUT2D eigenvalue weighted by Crippen LogP contribution is -2.30. The lowest BCUT2D eigenvalue weighted by atomic mass is 10.1. The van der Waals surface area contributed by atoms with E-state index in [9.17, 15) is 4.79 Å². The molecular weight excluding hydrogens is 232 g/mol. The van der Waals surface area contributed by atoms with Crippen molar-refractivity contribution in [1.29, 1.82) is 0 Å². The van der Waals surface area contributed by atoms with Crippen LogP contribution in [0.3, 0.4) is 0 Å². The van der Waals surface area contributed by atoms with Gasteiger partial charge >= 0.3 is 0 Å². The van der Waals surface area contributed by atoms with Gasteiger partial charge in [-0.3, -0.25) is 4.79 Å². The number of oxime groups is 1. The zero-order chi connectivity index (χ0) is 13.5. The van der Waals surface area contributed by atoms with E-state index >= 15 is 0 Å². The lowest BCUT2D eigenvalue weighted by molar-refractivity contribution is -0.114. The van der Waals surface area contributed by atoms with E-state index in [1.165, 1.54) is 6.92 Å². The minimum atomic E-state index is -0.107. The summed E-state index contributed by atoms with van der Waals surface area (Å²) in [5, 5.41) is 17.1. The largest absolute Gasteiger partial charge is 0.409 e. The minimum Gasteiger partial charge on any atom is -0.409 e. The summed E-state index contributed by atoms with van der Waals surface area (Å²) in [7, 11) is 0. The fourth-order valence-electron chi connectivity index (χ4n) is 1.50. The molecule has 1 aromatic carbocycles. The van der Waals surface area contributed by atoms with Gasteiger partial charge in [-0.05, 0) is 24.6 Å². The maximum Gasteiger partial charge on any atom is 0.221 e. The molecule has 0 aliphatic heterocycles. The molecular formula is C12H18N4O2. The summed E-state index contributed by atoms with van der Waals surface area (Å²) in [6.45, 7) is 3.71. The summed E-state index contributed by atoms with van der Waals surface area (Å²) in [6.07, 6.45) is 0. The van der Waals surface area contributed by atoms with Crippen LogP contribution in [0, 0.1) is 0 Å². The van der Waals surface area contributed by atoms with Crippen LogP contribution in [0.25, 0.3) is 0 Å². The third-order valence-corrected chi connectivity index (χ3v) is 2.42. The first-order valence-electron chi connectivity index (χ1n) is 5.60. The van der Waals surface area contributed by atoms with Gasteiger partial charge in [-0.25, -0.2) is 0 Å². The maximum absolute atomic E-state index is 11.0. The molecule has 1 rings (SSSR count). The molecule has 98 valence electrons. The zero-order valence-electron chi connectivity index (χ0n) is 10.5. The second kappa shape index (κ2) is 6.61. The molecule has 6 heteroatoms. The molecule has 0 spiro atoms. The topological polar surface area (TPSA) is 99.7 Å². The molecule has 0 aliphatic carbocycles. The number of amidine groups is 1. The highest BCUT2D eigenvalue weighted by Crippen LogP contribution is 2.17. The van der Waals surface area contributed by atoms with E-state index in [0.29, 0.717) is 6.54 Å². The fourth-order valence-corrected chi connectivity index (χ4v) is 1.50. The Morgan fingerprint density at radius 2 is 2.28 bits per heavy atom. The van der Waals surface area contributed by atoms with E-state index in [1.807, 2.05) is 31.2 Å². The highest BCUT2D eigenvalue weighted by atomic mass is 16.4. The van der Waals surface area contributed by atoms with Gasteiger partial charge in [0.15, 0.2) is 5.84 Å². The molecule has 0 bridgehead atoms. The van der Waals surface area contributed by atoms with Gasteiger partial charge in [0.1, 0.15) is 0 Å². The van der Waals surface area contributed by atoms with Crippen LogP contribution in [0.4, 0.5) is 5.69 Å². The monoisotopic (exact) mass is 250 g/mol. The number of amides is 1. The predicted molar refractivity (Wildman–Crippen MR) is 70.6 cm³/mol. The van der Waals surface area contributed by atoms with Crippen molar-refractivity contribution < 1.29 is 10.0 Å². The van der Waals surface area contributed by atoms with E-state index in [0.717, 1.165) is 11.3 Å². The molecule has 0 fully saturated rings. The molecule has 0 radical (unpaired) electrons. The second-order valence-corrected chi connectivity index (χ2v) is 4.00. The second-order valence-electron chi connectivity index (χ2n) is 4.00. The van der Waals surface area contributed by atoms with Crippen LogP contribution >= 0.6 is 0 Å². The number of carbonyl (C=O) groups is 1. The van der Waals surface area contributed by atoms with Crippen LogP contribution in [0.2, 0.25) is 0 Å². The van der Waals surface area contributed by atoms with Gasteiger partial charge in [-0.15, -0.1) is 0 Å². The summed E-state index contributed by atoms with van der Waals surface area (Å²) in [4.78, 5) is 11.0. The first kappa shape index (κ1) is 14.0. The summed E-state index contributed by atoms with van der Waals surface area (Å²) in [5.41, 5.74) is 7.13. The van der Waals surface area contributed by atoms with Crippen LogP contribution in [0.15, 0.2) is 29.4 Å². The molecule has 18 heavy (non-hydrogen) atoms. The molecule has 1 unspecified atom stereocenters. The van der Waals surface area contributed by atoms with Crippen LogP contribution in [-0.4, -0.2) is 23.5 Å². The molecule has 0 aliphatic rings. The van der Waals surface area contributed by atoms with E-state index in [4.69, 9.17) is 10.9 Å². The summed E-state index contributed by atoms with van der Waals surface area (Å²) < 4.78 is 0. The van der Waals surface area contributed by atoms with E-state index in [1.54, 1.807) is 0 Å². The molecule has 1 aromatic rings. The van der Waals surface area contributed by atoms with Crippen molar-refractivity contribution in [1.82, 2.24) is 5.32 Å². The Morgan fingerprint density at radius 1 is 1.56 bits per heavy atom. The number of nitrogens with one attached hydrogen (secondary N) is 2. The van der Waals surface area contributed by atoms with Gasteiger partial charge in [0.05, 0.1) is 6.54 Å². The molecule has 5 N–H and O–H groups in total. The van der Waals surface area contributed by atoms with Crippen LogP contribution in [-0.2, 0) is 4.79 Å². The van der Waals surface area contributed by atoms with Gasteiger partial charge < -0.3 is 21.6 Å². The number of nitrogens with two attached hydrogens (primary N) is 1. The first-order valence-corrected chi connectivity index (χ1v) is 5.60. The average molecular weight is 250 g/mol. The van der Waals surface area contributed by atoms with Crippen molar-refractivity contribution in [2.24, 2.45) is 10.9 Å². The first-order chi connectivity index (χ1) is 8.52. The third-order valence-electron chi connectivity index (χ3n) is 2.42. The Kier molecular flexibility index (Phi) is 5.13. The molecule has 0 saturated heterocycles. The Bertz CT molecular complexity index is 445. The maximum atomic E-state index is 11.0. The minimum absolute atomic E-state index is 0.0269. The van der Waals surface area contributed by atoms with Crippen molar-refractivity contribution in [3.8, 4) is 0 Å². The molecule has 1 atom stereocenters. The number of nitrogens with zero attached hydrogens (tertiary/aromatic N) is 1. The molecule has 1 amide bonds. The Labute approximate surface area is 106 Å². The fraction of sp³-hybridized carbons (Fsp3) is 0.333. The predicted octanol–water partition coefficient (Wildman–Crippen LogP) is 1.04. The van der Waals surface area contributed by atoms with E-state index in [-0.39, 0.29) is 17.8 Å². The Morgan fingerprint density at radius 3 is 2.89 bits per heavy atom. The van der Waals surface area contributed by atoms with Crippen molar-refractivity contribution in [3.05, 3.63) is 29.8 Å². The van der Waals surface area contributed by atoms with Gasteiger partial charge in [-0.2, -0.15) is 0 Å². The van der Waals surface area contributed by atoms with Gasteiger partial charge in [0, 0.05) is 18.7 Å². The molecule has 0 heterocycles. The van der Waals surface area contributed by atoms with Crippen molar-refractivity contribution in [2.45, 2.75) is 19.9 Å². The SMILES string of the molecule is CC(=O)Nc1cccc(C(C)NC/C(N)=N/O)c1. The molecule has 0 aromatic heterocycles. The highest BCUT2D eigenvalue weighted by Gasteiger charge is 2.06. The van der Waals surface area contributed by atoms with Crippen molar-refractivity contribution >= 4 is 17.4 Å². The van der Waals surface area contributed by atoms with Crippen LogP contribution in [0.5, 0.6) is 0 Å². The number of carbonyl (C=O) groups excluding carboxylic acids is 1. The molecule has 6 nitrogen and oxygen atoms in total. The van der Waals surface area contributed by atoms with Crippen LogP contribution < -0.4 is 16.4 Å². The number of hydrogen-bond donors (Lipinski definition) is 4. The number of benzene rings is 1. The summed E-state index contributed by atoms with van der Waals surface area (Å²) in [6, 6.07) is 7.53. The number of rotatable bonds is 5. The highest BCUT2D eigenvalue weighted by molar-refractivity contribution is 5.88. The summed E-state index contributed by atoms with van der Waals surface area (Å²) >= 11 is 0. The molecule has 0 saturated carbocycles.